The average molecular weight is 539 g/mol. The Morgan fingerprint density at radius 2 is 1.76 bits per heavy atom. The fourth-order valence-corrected chi connectivity index (χ4v) is 8.60. The lowest BCUT2D eigenvalue weighted by Gasteiger charge is -2.42. The van der Waals surface area contributed by atoms with Crippen LogP contribution in [-0.2, 0) is 11.8 Å². The van der Waals surface area contributed by atoms with E-state index in [1.165, 1.54) is 44.3 Å². The third-order valence-corrected chi connectivity index (χ3v) is 10.6. The lowest BCUT2D eigenvalue weighted by Crippen LogP contribution is -2.44. The van der Waals surface area contributed by atoms with Gasteiger partial charge in [0.25, 0.3) is 0 Å². The Labute approximate surface area is 243 Å². The molecule has 4 atom stereocenters. The maximum absolute atomic E-state index is 7.01. The minimum atomic E-state index is -0.0397. The highest BCUT2D eigenvalue weighted by Gasteiger charge is 2.77. The van der Waals surface area contributed by atoms with Gasteiger partial charge in [-0.15, -0.1) is 0 Å². The first-order chi connectivity index (χ1) is 19.9. The molecule has 1 aliphatic carbocycles. The summed E-state index contributed by atoms with van der Waals surface area (Å²) in [5.41, 5.74) is 10.3. The molecule has 3 heteroatoms. The minimum Gasteiger partial charge on any atom is -0.455 e. The summed E-state index contributed by atoms with van der Waals surface area (Å²) in [7, 11) is 2.19. The van der Waals surface area contributed by atoms with E-state index < -0.39 is 0 Å². The van der Waals surface area contributed by atoms with Crippen LogP contribution in [-0.4, -0.2) is 28.9 Å². The van der Waals surface area contributed by atoms with Gasteiger partial charge in [0.2, 0.25) is 0 Å². The highest BCUT2D eigenvalue weighted by atomic mass is 16.3. The molecule has 0 saturated heterocycles. The molecule has 0 spiro atoms. The zero-order valence-electron chi connectivity index (χ0n) is 24.7. The number of furan rings is 1. The van der Waals surface area contributed by atoms with Crippen molar-refractivity contribution in [1.29, 1.82) is 0 Å². The molecule has 1 saturated carbocycles. The van der Waals surface area contributed by atoms with Crippen LogP contribution in [0.2, 0.25) is 0 Å². The Balaban J connectivity index is 1.40. The van der Waals surface area contributed by atoms with E-state index in [2.05, 4.69) is 142 Å². The van der Waals surface area contributed by atoms with Crippen LogP contribution in [0.1, 0.15) is 67.5 Å². The molecule has 41 heavy (non-hydrogen) atoms. The average Bonchev–Trinajstić information content (AvgIpc) is 3.28. The van der Waals surface area contributed by atoms with E-state index in [9.17, 15) is 0 Å². The number of allylic oxidation sites excluding steroid dienone is 4. The minimum absolute atomic E-state index is 0.0177. The fourth-order valence-electron chi connectivity index (χ4n) is 8.60. The quantitative estimate of drug-likeness (QED) is 0.259. The molecule has 0 amide bonds. The first kappa shape index (κ1) is 24.8. The second-order valence-electron chi connectivity index (χ2n) is 13.2. The zero-order chi connectivity index (χ0) is 28.1. The van der Waals surface area contributed by atoms with Crippen LogP contribution in [0.5, 0.6) is 0 Å². The van der Waals surface area contributed by atoms with Crippen molar-refractivity contribution in [3.05, 3.63) is 125 Å². The molecular formula is C38H38N2O. The Morgan fingerprint density at radius 3 is 2.59 bits per heavy atom. The molecule has 1 fully saturated rings. The van der Waals surface area contributed by atoms with Crippen molar-refractivity contribution in [3.63, 3.8) is 0 Å². The summed E-state index contributed by atoms with van der Waals surface area (Å²) in [6.07, 6.45) is 16.7. The molecule has 3 aliphatic heterocycles. The molecule has 3 nitrogen and oxygen atoms in total. The van der Waals surface area contributed by atoms with E-state index >= 15 is 0 Å². The largest absolute Gasteiger partial charge is 0.455 e. The Hall–Kier alpha value is -3.98. The molecule has 4 aliphatic rings. The van der Waals surface area contributed by atoms with Crippen LogP contribution in [0.3, 0.4) is 0 Å². The monoisotopic (exact) mass is 538 g/mol. The Bertz CT molecular complexity index is 1850. The molecule has 0 radical (unpaired) electrons. The van der Waals surface area contributed by atoms with Crippen molar-refractivity contribution >= 4 is 27.6 Å². The summed E-state index contributed by atoms with van der Waals surface area (Å²) in [5.74, 6) is 0.890. The van der Waals surface area contributed by atoms with E-state index in [1.807, 2.05) is 0 Å². The van der Waals surface area contributed by atoms with Gasteiger partial charge in [0.1, 0.15) is 11.2 Å². The van der Waals surface area contributed by atoms with Crippen LogP contribution in [0.15, 0.2) is 102 Å². The van der Waals surface area contributed by atoms with E-state index in [0.29, 0.717) is 11.8 Å². The first-order valence-electron chi connectivity index (χ1n) is 15.1. The van der Waals surface area contributed by atoms with E-state index in [-0.39, 0.29) is 17.0 Å². The lowest BCUT2D eigenvalue weighted by molar-refractivity contribution is 0.270. The van der Waals surface area contributed by atoms with Crippen LogP contribution in [0.4, 0.5) is 0 Å². The van der Waals surface area contributed by atoms with Gasteiger partial charge in [-0.3, -0.25) is 0 Å². The van der Waals surface area contributed by atoms with Crippen LogP contribution in [0, 0.1) is 5.92 Å². The number of fused-ring (bicyclic) bond motifs is 9. The second kappa shape index (κ2) is 8.52. The van der Waals surface area contributed by atoms with E-state index in [1.54, 1.807) is 0 Å². The van der Waals surface area contributed by atoms with Crippen molar-refractivity contribution in [1.82, 2.24) is 9.80 Å². The Kier molecular flexibility index (Phi) is 5.15. The van der Waals surface area contributed by atoms with Crippen molar-refractivity contribution in [2.24, 2.45) is 5.92 Å². The molecule has 3 aromatic carbocycles. The predicted molar refractivity (Wildman–Crippen MR) is 170 cm³/mol. The second-order valence-corrected chi connectivity index (χ2v) is 13.2. The van der Waals surface area contributed by atoms with Crippen molar-refractivity contribution in [2.75, 3.05) is 13.6 Å². The number of hydrogen-bond acceptors (Lipinski definition) is 3. The van der Waals surface area contributed by atoms with E-state index in [4.69, 9.17) is 4.42 Å². The van der Waals surface area contributed by atoms with Crippen molar-refractivity contribution in [2.45, 2.75) is 57.0 Å². The summed E-state index contributed by atoms with van der Waals surface area (Å²) >= 11 is 0. The first-order valence-corrected chi connectivity index (χ1v) is 15.1. The number of likely N-dealkylation sites (N-methyl/N-ethyl adjacent to an activating group) is 1. The fraction of sp³-hybridized carbons (Fsp3) is 0.316. The molecule has 0 bridgehead atoms. The van der Waals surface area contributed by atoms with Crippen LogP contribution in [0.25, 0.3) is 27.6 Å². The normalized spacial score (nSPS) is 27.8. The third kappa shape index (κ3) is 3.15. The maximum Gasteiger partial charge on any atom is 0.141 e. The summed E-state index contributed by atoms with van der Waals surface area (Å²) < 4.78 is 7.01. The summed E-state index contributed by atoms with van der Waals surface area (Å²) in [6.45, 7) is 10.5. The standard InChI is InChI=1S/C38H38N2O/c1-24(2)23-25-13-12-15-26-27-19-20-29(33(35(27)41-34(25)26)32-18-8-10-21-39(32)5)36-37(3)30-16-7-6-14-28(30)31-17-9-11-22-40(31)38(36,37)4/h6-21,24,32,36H,22-23H2,1-5H3. The summed E-state index contributed by atoms with van der Waals surface area (Å²) in [4.78, 5) is 5.01. The number of benzene rings is 3. The molecule has 1 aromatic heterocycles. The van der Waals surface area contributed by atoms with Crippen molar-refractivity contribution in [3.8, 4) is 0 Å². The van der Waals surface area contributed by atoms with Crippen molar-refractivity contribution < 1.29 is 4.42 Å². The summed E-state index contributed by atoms with van der Waals surface area (Å²) in [6, 6.07) is 20.7. The van der Waals surface area contributed by atoms with Gasteiger partial charge in [-0.05, 0) is 54.3 Å². The number of rotatable bonds is 4. The lowest BCUT2D eigenvalue weighted by atomic mass is 9.81. The van der Waals surface area contributed by atoms with Gasteiger partial charge in [-0.1, -0.05) is 99.7 Å². The van der Waals surface area contributed by atoms with Gasteiger partial charge in [0.05, 0.1) is 11.6 Å². The van der Waals surface area contributed by atoms with Crippen LogP contribution < -0.4 is 0 Å². The number of hydrogen-bond donors (Lipinski definition) is 0. The molecule has 4 unspecified atom stereocenters. The van der Waals surface area contributed by atoms with Crippen LogP contribution >= 0.6 is 0 Å². The topological polar surface area (TPSA) is 19.6 Å². The zero-order valence-corrected chi connectivity index (χ0v) is 24.7. The predicted octanol–water partition coefficient (Wildman–Crippen LogP) is 8.88. The Morgan fingerprint density at radius 1 is 0.927 bits per heavy atom. The molecule has 4 heterocycles. The number of nitrogens with zero attached hydrogens (tertiary/aromatic N) is 2. The maximum atomic E-state index is 7.01. The highest BCUT2D eigenvalue weighted by Crippen LogP contribution is 2.75. The van der Waals surface area contributed by atoms with Gasteiger partial charge in [0.15, 0.2) is 0 Å². The third-order valence-electron chi connectivity index (χ3n) is 10.6. The summed E-state index contributed by atoms with van der Waals surface area (Å²) in [5, 5.41) is 2.45. The SMILES string of the molecule is CC(C)Cc1cccc2c1oc1c(C3C=CC=CN3C)c(C3C4(C)c5ccccc5C5=CC=CCN5C34C)ccc12. The molecule has 206 valence electrons. The molecule has 8 rings (SSSR count). The van der Waals surface area contributed by atoms with Gasteiger partial charge < -0.3 is 14.2 Å². The smallest absolute Gasteiger partial charge is 0.141 e. The molecular weight excluding hydrogens is 500 g/mol. The van der Waals surface area contributed by atoms with Gasteiger partial charge in [-0.2, -0.15) is 0 Å². The number of para-hydroxylation sites is 1. The van der Waals surface area contributed by atoms with Gasteiger partial charge in [-0.25, -0.2) is 0 Å². The van der Waals surface area contributed by atoms with Gasteiger partial charge in [0, 0.05) is 52.5 Å². The molecule has 0 N–H and O–H groups in total. The molecule has 4 aromatic rings. The van der Waals surface area contributed by atoms with E-state index in [0.717, 1.165) is 24.1 Å². The highest BCUT2D eigenvalue weighted by molar-refractivity contribution is 6.07. The van der Waals surface area contributed by atoms with Gasteiger partial charge >= 0.3 is 0 Å².